The van der Waals surface area contributed by atoms with Gasteiger partial charge in [0.1, 0.15) is 17.1 Å². The van der Waals surface area contributed by atoms with E-state index in [9.17, 15) is 18.3 Å². The van der Waals surface area contributed by atoms with Gasteiger partial charge in [-0.25, -0.2) is 4.98 Å². The van der Waals surface area contributed by atoms with Gasteiger partial charge in [0.2, 0.25) is 0 Å². The van der Waals surface area contributed by atoms with Crippen molar-refractivity contribution in [1.29, 1.82) is 0 Å². The van der Waals surface area contributed by atoms with Gasteiger partial charge < -0.3 is 5.11 Å². The van der Waals surface area contributed by atoms with Crippen LogP contribution in [0, 0.1) is 0 Å². The summed E-state index contributed by atoms with van der Waals surface area (Å²) >= 11 is 23.7. The van der Waals surface area contributed by atoms with Crippen molar-refractivity contribution in [1.82, 2.24) is 4.98 Å². The van der Waals surface area contributed by atoms with Crippen LogP contribution in [0.15, 0.2) is 42.5 Å². The van der Waals surface area contributed by atoms with E-state index in [0.29, 0.717) is 0 Å². The Morgan fingerprint density at radius 3 is 1.59 bits per heavy atom. The van der Waals surface area contributed by atoms with Gasteiger partial charge in [-0.3, -0.25) is 0 Å². The number of hydrogen-bond acceptors (Lipinski definition) is 2. The van der Waals surface area contributed by atoms with Gasteiger partial charge in [0.25, 0.3) is 0 Å². The van der Waals surface area contributed by atoms with E-state index in [-0.39, 0.29) is 42.5 Å². The Hall–Kier alpha value is -1.66. The number of hydrogen-bond donors (Lipinski definition) is 1. The quantitative estimate of drug-likeness (QED) is 0.431. The van der Waals surface area contributed by atoms with Gasteiger partial charge in [-0.2, -0.15) is 13.2 Å². The van der Waals surface area contributed by atoms with E-state index in [1.807, 2.05) is 0 Å². The first kappa shape index (κ1) is 20.1. The molecule has 0 fully saturated rings. The predicted molar refractivity (Wildman–Crippen MR) is 102 cm³/mol. The Morgan fingerprint density at radius 1 is 0.704 bits per heavy atom. The second-order valence-electron chi connectivity index (χ2n) is 5.57. The van der Waals surface area contributed by atoms with Crippen LogP contribution in [-0.2, 0) is 6.18 Å². The van der Waals surface area contributed by atoms with Gasteiger partial charge in [0, 0.05) is 31.2 Å². The molecule has 1 heterocycles. The lowest BCUT2D eigenvalue weighted by atomic mass is 10.00. The van der Waals surface area contributed by atoms with Crippen molar-refractivity contribution in [2.24, 2.45) is 0 Å². The standard InChI is InChI=1S/C18H8Cl4F3NO/c19-10-1-8(2-11(20)5-10)14-7-15(18(23,24)25)26-16(17(14)27)9-3-12(21)6-13(22)4-9/h1-7,27H. The molecule has 0 spiro atoms. The molecular weight excluding hydrogens is 445 g/mol. The molecule has 0 saturated carbocycles. The molecule has 1 N–H and O–H groups in total. The summed E-state index contributed by atoms with van der Waals surface area (Å²) in [5.74, 6) is -0.486. The van der Waals surface area contributed by atoms with Crippen LogP contribution in [0.2, 0.25) is 20.1 Å². The molecule has 0 amide bonds. The van der Waals surface area contributed by atoms with E-state index < -0.39 is 17.6 Å². The first-order valence-corrected chi connectivity index (χ1v) is 8.80. The molecule has 0 atom stereocenters. The maximum Gasteiger partial charge on any atom is 0.433 e. The highest BCUT2D eigenvalue weighted by atomic mass is 35.5. The van der Waals surface area contributed by atoms with Crippen molar-refractivity contribution in [3.8, 4) is 28.1 Å². The summed E-state index contributed by atoms with van der Waals surface area (Å²) in [7, 11) is 0. The minimum atomic E-state index is -4.75. The molecule has 3 aromatic rings. The average molecular weight is 453 g/mol. The lowest BCUT2D eigenvalue weighted by molar-refractivity contribution is -0.141. The van der Waals surface area contributed by atoms with Gasteiger partial charge in [0.15, 0.2) is 0 Å². The molecule has 1 aromatic heterocycles. The van der Waals surface area contributed by atoms with Crippen LogP contribution >= 0.6 is 46.4 Å². The van der Waals surface area contributed by atoms with Crippen LogP contribution in [0.1, 0.15) is 5.69 Å². The average Bonchev–Trinajstić information content (AvgIpc) is 2.52. The highest BCUT2D eigenvalue weighted by Crippen LogP contribution is 2.43. The van der Waals surface area contributed by atoms with Gasteiger partial charge >= 0.3 is 6.18 Å². The van der Waals surface area contributed by atoms with E-state index >= 15 is 0 Å². The SMILES string of the molecule is Oc1c(-c2cc(Cl)cc(Cl)c2)cc(C(F)(F)F)nc1-c1cc(Cl)cc(Cl)c1. The normalized spacial score (nSPS) is 11.7. The first-order chi connectivity index (χ1) is 12.5. The fourth-order valence-electron chi connectivity index (χ4n) is 2.50. The van der Waals surface area contributed by atoms with Crippen molar-refractivity contribution in [2.75, 3.05) is 0 Å². The molecule has 140 valence electrons. The molecule has 0 bridgehead atoms. The zero-order valence-electron chi connectivity index (χ0n) is 13.1. The number of aromatic hydroxyl groups is 1. The second-order valence-corrected chi connectivity index (χ2v) is 7.31. The van der Waals surface area contributed by atoms with Gasteiger partial charge in [0.05, 0.1) is 0 Å². The summed E-state index contributed by atoms with van der Waals surface area (Å²) in [5, 5.41) is 11.4. The van der Waals surface area contributed by atoms with Crippen LogP contribution in [0.3, 0.4) is 0 Å². The summed E-state index contributed by atoms with van der Waals surface area (Å²) in [6.07, 6.45) is -4.75. The minimum absolute atomic E-state index is 0.130. The predicted octanol–water partition coefficient (Wildman–Crippen LogP) is 7.75. The summed E-state index contributed by atoms with van der Waals surface area (Å²) in [5.41, 5.74) is -1.32. The number of alkyl halides is 3. The Bertz CT molecular complexity index is 925. The van der Waals surface area contributed by atoms with Crippen LogP contribution < -0.4 is 0 Å². The summed E-state index contributed by atoms with van der Waals surface area (Å²) in [6, 6.07) is 9.04. The molecule has 0 aliphatic heterocycles. The molecule has 27 heavy (non-hydrogen) atoms. The maximum absolute atomic E-state index is 13.4. The number of nitrogens with zero attached hydrogens (tertiary/aromatic N) is 1. The molecule has 0 radical (unpaired) electrons. The van der Waals surface area contributed by atoms with Crippen LogP contribution in [0.4, 0.5) is 13.2 Å². The molecule has 0 aliphatic rings. The highest BCUT2D eigenvalue weighted by molar-refractivity contribution is 6.35. The summed E-state index contributed by atoms with van der Waals surface area (Å²) in [4.78, 5) is 3.57. The van der Waals surface area contributed by atoms with Crippen molar-refractivity contribution >= 4 is 46.4 Å². The van der Waals surface area contributed by atoms with Crippen LogP contribution in [-0.4, -0.2) is 10.1 Å². The molecule has 0 saturated heterocycles. The third-order valence-corrected chi connectivity index (χ3v) is 4.47. The lowest BCUT2D eigenvalue weighted by Crippen LogP contribution is -2.09. The number of benzene rings is 2. The third-order valence-electron chi connectivity index (χ3n) is 3.59. The number of pyridine rings is 1. The van der Waals surface area contributed by atoms with Crippen molar-refractivity contribution in [2.45, 2.75) is 6.18 Å². The largest absolute Gasteiger partial charge is 0.505 e. The van der Waals surface area contributed by atoms with E-state index in [2.05, 4.69) is 4.98 Å². The molecule has 3 rings (SSSR count). The Morgan fingerprint density at radius 2 is 1.15 bits per heavy atom. The fraction of sp³-hybridized carbons (Fsp3) is 0.0556. The molecule has 9 heteroatoms. The van der Waals surface area contributed by atoms with Crippen molar-refractivity contribution < 1.29 is 18.3 Å². The Labute approximate surface area is 172 Å². The Kier molecular flexibility index (Phi) is 5.50. The van der Waals surface area contributed by atoms with Crippen molar-refractivity contribution in [3.63, 3.8) is 0 Å². The van der Waals surface area contributed by atoms with E-state index in [1.54, 1.807) is 0 Å². The fourth-order valence-corrected chi connectivity index (χ4v) is 3.56. The Balaban J connectivity index is 2.34. The van der Waals surface area contributed by atoms with Gasteiger partial charge in [-0.15, -0.1) is 0 Å². The molecule has 2 nitrogen and oxygen atoms in total. The smallest absolute Gasteiger partial charge is 0.433 e. The highest BCUT2D eigenvalue weighted by Gasteiger charge is 2.34. The number of halogens is 7. The minimum Gasteiger partial charge on any atom is -0.505 e. The molecule has 0 unspecified atom stereocenters. The lowest BCUT2D eigenvalue weighted by Gasteiger charge is -2.15. The molecule has 0 aliphatic carbocycles. The van der Waals surface area contributed by atoms with Crippen molar-refractivity contribution in [3.05, 3.63) is 68.2 Å². The molecule has 2 aromatic carbocycles. The first-order valence-electron chi connectivity index (χ1n) is 7.29. The van der Waals surface area contributed by atoms with E-state index in [4.69, 9.17) is 46.4 Å². The third kappa shape index (κ3) is 4.43. The monoisotopic (exact) mass is 451 g/mol. The second kappa shape index (κ2) is 7.40. The molecular formula is C18H8Cl4F3NO. The van der Waals surface area contributed by atoms with Crippen LogP contribution in [0.5, 0.6) is 5.75 Å². The number of rotatable bonds is 2. The maximum atomic E-state index is 13.4. The van der Waals surface area contributed by atoms with Crippen LogP contribution in [0.25, 0.3) is 22.4 Å². The summed E-state index contributed by atoms with van der Waals surface area (Å²) < 4.78 is 40.1. The van der Waals surface area contributed by atoms with Gasteiger partial charge in [-0.1, -0.05) is 46.4 Å². The van der Waals surface area contributed by atoms with Gasteiger partial charge in [-0.05, 0) is 48.0 Å². The number of aromatic nitrogens is 1. The zero-order chi connectivity index (χ0) is 19.9. The summed E-state index contributed by atoms with van der Waals surface area (Å²) in [6.45, 7) is 0. The zero-order valence-corrected chi connectivity index (χ0v) is 16.1. The topological polar surface area (TPSA) is 33.1 Å². The van der Waals surface area contributed by atoms with E-state index in [0.717, 1.165) is 6.07 Å². The van der Waals surface area contributed by atoms with E-state index in [1.165, 1.54) is 36.4 Å².